The van der Waals surface area contributed by atoms with E-state index >= 15 is 0 Å². The third-order valence-corrected chi connectivity index (χ3v) is 2.63. The minimum atomic E-state index is 0.0776. The zero-order valence-electron chi connectivity index (χ0n) is 10.1. The maximum atomic E-state index is 5.62. The van der Waals surface area contributed by atoms with Crippen molar-refractivity contribution in [2.24, 2.45) is 5.73 Å². The standard InChI is InChI=1S/C11H21N3O/c1-5-14-9(3)11(8(2)13-14)10(4)15-7-6-12/h10H,5-7,12H2,1-4H3/t10-/m1/s1. The Kier molecular flexibility index (Phi) is 4.29. The number of rotatable bonds is 5. The van der Waals surface area contributed by atoms with E-state index in [1.807, 2.05) is 18.5 Å². The Morgan fingerprint density at radius 3 is 2.60 bits per heavy atom. The van der Waals surface area contributed by atoms with Crippen LogP contribution in [0.25, 0.3) is 0 Å². The van der Waals surface area contributed by atoms with Gasteiger partial charge < -0.3 is 10.5 Å². The second-order valence-corrected chi connectivity index (χ2v) is 3.70. The molecular weight excluding hydrogens is 190 g/mol. The summed E-state index contributed by atoms with van der Waals surface area (Å²) in [5.74, 6) is 0. The molecule has 0 amide bonds. The summed E-state index contributed by atoms with van der Waals surface area (Å²) in [6.45, 7) is 10.3. The summed E-state index contributed by atoms with van der Waals surface area (Å²) in [4.78, 5) is 0. The third kappa shape index (κ3) is 2.58. The first-order chi connectivity index (χ1) is 7.11. The van der Waals surface area contributed by atoms with Gasteiger partial charge in [-0.25, -0.2) is 0 Å². The fraction of sp³-hybridized carbons (Fsp3) is 0.727. The zero-order valence-corrected chi connectivity index (χ0v) is 10.1. The van der Waals surface area contributed by atoms with Gasteiger partial charge in [0.25, 0.3) is 0 Å². The molecule has 0 radical (unpaired) electrons. The molecule has 0 fully saturated rings. The first-order valence-electron chi connectivity index (χ1n) is 5.47. The molecule has 1 heterocycles. The number of ether oxygens (including phenoxy) is 1. The Morgan fingerprint density at radius 2 is 2.13 bits per heavy atom. The summed E-state index contributed by atoms with van der Waals surface area (Å²) < 4.78 is 7.63. The Labute approximate surface area is 91.4 Å². The molecule has 0 saturated carbocycles. The molecule has 2 N–H and O–H groups in total. The van der Waals surface area contributed by atoms with Crippen molar-refractivity contribution in [2.75, 3.05) is 13.2 Å². The molecule has 1 atom stereocenters. The topological polar surface area (TPSA) is 53.1 Å². The predicted molar refractivity (Wildman–Crippen MR) is 60.8 cm³/mol. The van der Waals surface area contributed by atoms with Crippen molar-refractivity contribution in [2.45, 2.75) is 40.3 Å². The number of aryl methyl sites for hydroxylation is 2. The maximum Gasteiger partial charge on any atom is 0.0833 e. The summed E-state index contributed by atoms with van der Waals surface area (Å²) in [6.07, 6.45) is 0.0776. The van der Waals surface area contributed by atoms with E-state index in [4.69, 9.17) is 10.5 Å². The number of nitrogens with two attached hydrogens (primary N) is 1. The summed E-state index contributed by atoms with van der Waals surface area (Å²) in [5.41, 5.74) is 8.86. The van der Waals surface area contributed by atoms with Crippen molar-refractivity contribution in [3.63, 3.8) is 0 Å². The Hall–Kier alpha value is -0.870. The normalized spacial score (nSPS) is 13.1. The van der Waals surface area contributed by atoms with Gasteiger partial charge in [0, 0.05) is 24.3 Å². The molecule has 0 aliphatic carbocycles. The predicted octanol–water partition coefficient (Wildman–Crippen LogP) is 1.56. The molecule has 0 aliphatic rings. The lowest BCUT2D eigenvalue weighted by molar-refractivity contribution is 0.0709. The van der Waals surface area contributed by atoms with Gasteiger partial charge in [0.05, 0.1) is 18.4 Å². The summed E-state index contributed by atoms with van der Waals surface area (Å²) >= 11 is 0. The van der Waals surface area contributed by atoms with Crippen LogP contribution in [0.4, 0.5) is 0 Å². The van der Waals surface area contributed by atoms with Crippen molar-refractivity contribution in [1.82, 2.24) is 9.78 Å². The SMILES string of the molecule is CCn1nc(C)c([C@@H](C)OCCN)c1C. The second kappa shape index (κ2) is 5.28. The first kappa shape index (κ1) is 12.2. The van der Waals surface area contributed by atoms with Gasteiger partial charge >= 0.3 is 0 Å². The van der Waals surface area contributed by atoms with Gasteiger partial charge in [-0.1, -0.05) is 0 Å². The highest BCUT2D eigenvalue weighted by atomic mass is 16.5. The fourth-order valence-electron chi connectivity index (χ4n) is 1.94. The van der Waals surface area contributed by atoms with Gasteiger partial charge in [-0.2, -0.15) is 5.10 Å². The summed E-state index contributed by atoms with van der Waals surface area (Å²) in [7, 11) is 0. The van der Waals surface area contributed by atoms with Crippen molar-refractivity contribution in [1.29, 1.82) is 0 Å². The highest BCUT2D eigenvalue weighted by Crippen LogP contribution is 2.23. The van der Waals surface area contributed by atoms with E-state index in [0.29, 0.717) is 13.2 Å². The minimum absolute atomic E-state index is 0.0776. The van der Waals surface area contributed by atoms with E-state index in [1.54, 1.807) is 0 Å². The average molecular weight is 211 g/mol. The van der Waals surface area contributed by atoms with Gasteiger partial charge in [0.15, 0.2) is 0 Å². The van der Waals surface area contributed by atoms with Crippen LogP contribution in [0.1, 0.15) is 36.9 Å². The quantitative estimate of drug-likeness (QED) is 0.804. The van der Waals surface area contributed by atoms with E-state index in [1.165, 1.54) is 11.3 Å². The van der Waals surface area contributed by atoms with Crippen LogP contribution < -0.4 is 5.73 Å². The van der Waals surface area contributed by atoms with Crippen LogP contribution in [-0.4, -0.2) is 22.9 Å². The molecule has 15 heavy (non-hydrogen) atoms. The smallest absolute Gasteiger partial charge is 0.0833 e. The molecule has 0 unspecified atom stereocenters. The highest BCUT2D eigenvalue weighted by Gasteiger charge is 2.16. The average Bonchev–Trinajstić information content (AvgIpc) is 2.50. The molecule has 4 nitrogen and oxygen atoms in total. The van der Waals surface area contributed by atoms with E-state index in [2.05, 4.69) is 18.9 Å². The zero-order chi connectivity index (χ0) is 11.4. The number of hydrogen-bond donors (Lipinski definition) is 1. The first-order valence-corrected chi connectivity index (χ1v) is 5.47. The van der Waals surface area contributed by atoms with Crippen LogP contribution in [0.15, 0.2) is 0 Å². The molecule has 0 spiro atoms. The van der Waals surface area contributed by atoms with Gasteiger partial charge in [-0.05, 0) is 27.7 Å². The van der Waals surface area contributed by atoms with Crippen LogP contribution in [0, 0.1) is 13.8 Å². The molecule has 86 valence electrons. The van der Waals surface area contributed by atoms with Crippen molar-refractivity contribution >= 4 is 0 Å². The molecule has 0 aliphatic heterocycles. The van der Waals surface area contributed by atoms with Gasteiger partial charge in [0.1, 0.15) is 0 Å². The van der Waals surface area contributed by atoms with Crippen LogP contribution in [0.3, 0.4) is 0 Å². The van der Waals surface area contributed by atoms with E-state index in [9.17, 15) is 0 Å². The van der Waals surface area contributed by atoms with E-state index in [-0.39, 0.29) is 6.10 Å². The molecule has 4 heteroatoms. The van der Waals surface area contributed by atoms with Gasteiger partial charge in [-0.3, -0.25) is 4.68 Å². The molecule has 1 rings (SSSR count). The van der Waals surface area contributed by atoms with Crippen molar-refractivity contribution < 1.29 is 4.74 Å². The third-order valence-electron chi connectivity index (χ3n) is 2.63. The Morgan fingerprint density at radius 1 is 1.47 bits per heavy atom. The largest absolute Gasteiger partial charge is 0.372 e. The van der Waals surface area contributed by atoms with Gasteiger partial charge in [-0.15, -0.1) is 0 Å². The molecule has 0 bridgehead atoms. The molecule has 1 aromatic heterocycles. The minimum Gasteiger partial charge on any atom is -0.372 e. The highest BCUT2D eigenvalue weighted by molar-refractivity contribution is 5.26. The Bertz CT molecular complexity index is 320. The lowest BCUT2D eigenvalue weighted by Crippen LogP contribution is -2.12. The molecule has 0 saturated heterocycles. The lowest BCUT2D eigenvalue weighted by atomic mass is 10.1. The van der Waals surface area contributed by atoms with Crippen LogP contribution in [-0.2, 0) is 11.3 Å². The molecular formula is C11H21N3O. The molecule has 0 aromatic carbocycles. The van der Waals surface area contributed by atoms with Crippen LogP contribution in [0.5, 0.6) is 0 Å². The summed E-state index contributed by atoms with van der Waals surface area (Å²) in [6, 6.07) is 0. The van der Waals surface area contributed by atoms with E-state index in [0.717, 1.165) is 12.2 Å². The van der Waals surface area contributed by atoms with Crippen molar-refractivity contribution in [3.8, 4) is 0 Å². The van der Waals surface area contributed by atoms with Crippen LogP contribution >= 0.6 is 0 Å². The van der Waals surface area contributed by atoms with E-state index < -0.39 is 0 Å². The lowest BCUT2D eigenvalue weighted by Gasteiger charge is -2.13. The Balaban J connectivity index is 2.87. The summed E-state index contributed by atoms with van der Waals surface area (Å²) in [5, 5.41) is 4.46. The number of aromatic nitrogens is 2. The molecule has 1 aromatic rings. The fourth-order valence-corrected chi connectivity index (χ4v) is 1.94. The second-order valence-electron chi connectivity index (χ2n) is 3.70. The number of hydrogen-bond acceptors (Lipinski definition) is 3. The maximum absolute atomic E-state index is 5.62. The number of nitrogens with zero attached hydrogens (tertiary/aromatic N) is 2. The van der Waals surface area contributed by atoms with Crippen molar-refractivity contribution in [3.05, 3.63) is 17.0 Å². The van der Waals surface area contributed by atoms with Gasteiger partial charge in [0.2, 0.25) is 0 Å². The monoisotopic (exact) mass is 211 g/mol. The van der Waals surface area contributed by atoms with Crippen LogP contribution in [0.2, 0.25) is 0 Å².